The van der Waals surface area contributed by atoms with E-state index in [1.807, 2.05) is 24.3 Å². The molecule has 3 N–H and O–H groups in total. The zero-order chi connectivity index (χ0) is 20.0. The summed E-state index contributed by atoms with van der Waals surface area (Å²) in [7, 11) is 0. The Kier molecular flexibility index (Phi) is 6.85. The van der Waals surface area contributed by atoms with Gasteiger partial charge in [-0.3, -0.25) is 10.1 Å². The highest BCUT2D eigenvalue weighted by Gasteiger charge is 2.11. The number of carboxylic acids is 1. The standard InChI is InChI=1S/C21H22N2O3S/c1-13(2)16-10-7-15(8-11-16)9-12-19(24)23-21(27)22-18-6-4-5-17(14(18)3)20(25)26/h4-13H,1-3H3,(H,25,26)(H2,22,23,24,27)/b12-9+. The number of amides is 1. The molecule has 0 aliphatic carbocycles. The normalized spacial score (nSPS) is 10.8. The van der Waals surface area contributed by atoms with Crippen molar-refractivity contribution in [2.75, 3.05) is 5.32 Å². The molecule has 0 fully saturated rings. The molecule has 0 unspecified atom stereocenters. The van der Waals surface area contributed by atoms with E-state index in [0.29, 0.717) is 17.2 Å². The molecule has 0 aliphatic heterocycles. The van der Waals surface area contributed by atoms with Gasteiger partial charge in [0.25, 0.3) is 0 Å². The van der Waals surface area contributed by atoms with E-state index in [1.54, 1.807) is 25.1 Å². The fraction of sp³-hybridized carbons (Fsp3) is 0.190. The molecule has 0 saturated heterocycles. The van der Waals surface area contributed by atoms with Crippen LogP contribution in [-0.2, 0) is 4.79 Å². The van der Waals surface area contributed by atoms with Gasteiger partial charge in [0, 0.05) is 11.8 Å². The minimum Gasteiger partial charge on any atom is -0.478 e. The third-order valence-electron chi connectivity index (χ3n) is 4.08. The summed E-state index contributed by atoms with van der Waals surface area (Å²) in [5.41, 5.74) is 3.41. The Bertz CT molecular complexity index is 887. The number of carbonyl (C=O) groups excluding carboxylic acids is 1. The summed E-state index contributed by atoms with van der Waals surface area (Å²) in [6, 6.07) is 12.8. The van der Waals surface area contributed by atoms with Gasteiger partial charge in [-0.05, 0) is 60.0 Å². The maximum absolute atomic E-state index is 12.0. The summed E-state index contributed by atoms with van der Waals surface area (Å²) in [4.78, 5) is 23.2. The fourth-order valence-corrected chi connectivity index (χ4v) is 2.68. The lowest BCUT2D eigenvalue weighted by Gasteiger charge is -2.12. The van der Waals surface area contributed by atoms with E-state index in [1.165, 1.54) is 17.7 Å². The van der Waals surface area contributed by atoms with Crippen LogP contribution in [0, 0.1) is 6.92 Å². The lowest BCUT2D eigenvalue weighted by Crippen LogP contribution is -2.33. The van der Waals surface area contributed by atoms with E-state index in [-0.39, 0.29) is 16.6 Å². The molecule has 27 heavy (non-hydrogen) atoms. The summed E-state index contributed by atoms with van der Waals surface area (Å²) in [5.74, 6) is -0.928. The van der Waals surface area contributed by atoms with Crippen LogP contribution in [0.15, 0.2) is 48.5 Å². The van der Waals surface area contributed by atoms with Crippen LogP contribution in [0.3, 0.4) is 0 Å². The second-order valence-electron chi connectivity index (χ2n) is 6.38. The zero-order valence-corrected chi connectivity index (χ0v) is 16.3. The first kappa shape index (κ1) is 20.3. The first-order chi connectivity index (χ1) is 12.8. The van der Waals surface area contributed by atoms with Crippen LogP contribution in [0.25, 0.3) is 6.08 Å². The van der Waals surface area contributed by atoms with Gasteiger partial charge in [-0.2, -0.15) is 0 Å². The van der Waals surface area contributed by atoms with Crippen molar-refractivity contribution in [1.82, 2.24) is 5.32 Å². The largest absolute Gasteiger partial charge is 0.478 e. The Morgan fingerprint density at radius 1 is 1.11 bits per heavy atom. The van der Waals surface area contributed by atoms with Gasteiger partial charge < -0.3 is 10.4 Å². The van der Waals surface area contributed by atoms with Gasteiger partial charge in [-0.25, -0.2) is 4.79 Å². The molecule has 0 bridgehead atoms. The van der Waals surface area contributed by atoms with Gasteiger partial charge in [0.15, 0.2) is 5.11 Å². The number of nitrogens with one attached hydrogen (secondary N) is 2. The first-order valence-electron chi connectivity index (χ1n) is 8.51. The van der Waals surface area contributed by atoms with Gasteiger partial charge in [-0.15, -0.1) is 0 Å². The Balaban J connectivity index is 1.97. The summed E-state index contributed by atoms with van der Waals surface area (Å²) in [5, 5.41) is 14.7. The first-order valence-corrected chi connectivity index (χ1v) is 8.91. The van der Waals surface area contributed by atoms with E-state index in [4.69, 9.17) is 17.3 Å². The van der Waals surface area contributed by atoms with Gasteiger partial charge in [0.1, 0.15) is 0 Å². The van der Waals surface area contributed by atoms with Gasteiger partial charge in [0.2, 0.25) is 5.91 Å². The number of aromatic carboxylic acids is 1. The van der Waals surface area contributed by atoms with Crippen LogP contribution in [-0.4, -0.2) is 22.1 Å². The van der Waals surface area contributed by atoms with Crippen molar-refractivity contribution in [2.24, 2.45) is 0 Å². The Morgan fingerprint density at radius 3 is 2.37 bits per heavy atom. The number of hydrogen-bond donors (Lipinski definition) is 3. The Labute approximate surface area is 164 Å². The fourth-order valence-electron chi connectivity index (χ4n) is 2.47. The summed E-state index contributed by atoms with van der Waals surface area (Å²) in [6.07, 6.45) is 3.11. The molecule has 0 heterocycles. The minimum atomic E-state index is -1.02. The molecule has 0 saturated carbocycles. The maximum Gasteiger partial charge on any atom is 0.336 e. The second kappa shape index (κ2) is 9.09. The monoisotopic (exact) mass is 382 g/mol. The highest BCUT2D eigenvalue weighted by atomic mass is 32.1. The van der Waals surface area contributed by atoms with E-state index in [0.717, 1.165) is 5.56 Å². The molecule has 6 heteroatoms. The van der Waals surface area contributed by atoms with Gasteiger partial charge in [0.05, 0.1) is 5.56 Å². The van der Waals surface area contributed by atoms with Crippen molar-refractivity contribution < 1.29 is 14.7 Å². The maximum atomic E-state index is 12.0. The van der Waals surface area contributed by atoms with E-state index in [2.05, 4.69) is 24.5 Å². The number of carboxylic acid groups (broad SMARTS) is 1. The van der Waals surface area contributed by atoms with Crippen molar-refractivity contribution in [3.63, 3.8) is 0 Å². The number of carbonyl (C=O) groups is 2. The summed E-state index contributed by atoms with van der Waals surface area (Å²) >= 11 is 5.13. The van der Waals surface area contributed by atoms with Crippen LogP contribution in [0.1, 0.15) is 46.8 Å². The van der Waals surface area contributed by atoms with Crippen molar-refractivity contribution >= 4 is 41.0 Å². The van der Waals surface area contributed by atoms with Gasteiger partial charge in [-0.1, -0.05) is 44.2 Å². The number of rotatable bonds is 5. The molecule has 0 radical (unpaired) electrons. The van der Waals surface area contributed by atoms with Crippen molar-refractivity contribution in [2.45, 2.75) is 26.7 Å². The predicted octanol–water partition coefficient (Wildman–Crippen LogP) is 4.34. The average molecular weight is 382 g/mol. The third kappa shape index (κ3) is 5.76. The Morgan fingerprint density at radius 2 is 1.78 bits per heavy atom. The molecule has 2 rings (SSSR count). The minimum absolute atomic E-state index is 0.102. The van der Waals surface area contributed by atoms with Gasteiger partial charge >= 0.3 is 5.97 Å². The molecule has 0 aliphatic rings. The molecule has 1 amide bonds. The predicted molar refractivity (Wildman–Crippen MR) is 112 cm³/mol. The van der Waals surface area contributed by atoms with Crippen LogP contribution >= 0.6 is 12.2 Å². The van der Waals surface area contributed by atoms with Crippen LogP contribution < -0.4 is 10.6 Å². The lowest BCUT2D eigenvalue weighted by atomic mass is 10.0. The van der Waals surface area contributed by atoms with Crippen molar-refractivity contribution in [1.29, 1.82) is 0 Å². The highest BCUT2D eigenvalue weighted by Crippen LogP contribution is 2.19. The zero-order valence-electron chi connectivity index (χ0n) is 15.4. The van der Waals surface area contributed by atoms with Crippen molar-refractivity contribution in [3.05, 3.63) is 70.8 Å². The van der Waals surface area contributed by atoms with Crippen molar-refractivity contribution in [3.8, 4) is 0 Å². The van der Waals surface area contributed by atoms with Crippen LogP contribution in [0.4, 0.5) is 5.69 Å². The number of anilines is 1. The molecular formula is C21H22N2O3S. The van der Waals surface area contributed by atoms with Crippen LogP contribution in [0.5, 0.6) is 0 Å². The molecule has 140 valence electrons. The highest BCUT2D eigenvalue weighted by molar-refractivity contribution is 7.80. The molecular weight excluding hydrogens is 360 g/mol. The smallest absolute Gasteiger partial charge is 0.336 e. The quantitative estimate of drug-likeness (QED) is 0.529. The SMILES string of the molecule is Cc1c(NC(=S)NC(=O)/C=C/c2ccc(C(C)C)cc2)cccc1C(=O)O. The second-order valence-corrected chi connectivity index (χ2v) is 6.79. The summed E-state index contributed by atoms with van der Waals surface area (Å²) in [6.45, 7) is 5.93. The molecule has 0 spiro atoms. The molecule has 0 atom stereocenters. The topological polar surface area (TPSA) is 78.4 Å². The molecule has 0 aromatic heterocycles. The Hall–Kier alpha value is -2.99. The van der Waals surface area contributed by atoms with E-state index >= 15 is 0 Å². The molecule has 2 aromatic rings. The van der Waals surface area contributed by atoms with E-state index < -0.39 is 5.97 Å². The number of thiocarbonyl (C=S) groups is 1. The van der Waals surface area contributed by atoms with Crippen LogP contribution in [0.2, 0.25) is 0 Å². The number of benzene rings is 2. The molecule has 5 nitrogen and oxygen atoms in total. The average Bonchev–Trinajstić information content (AvgIpc) is 2.61. The van der Waals surface area contributed by atoms with E-state index in [9.17, 15) is 9.59 Å². The molecule has 2 aromatic carbocycles. The number of hydrogen-bond acceptors (Lipinski definition) is 3. The summed E-state index contributed by atoms with van der Waals surface area (Å²) < 4.78 is 0. The lowest BCUT2D eigenvalue weighted by molar-refractivity contribution is -0.115. The third-order valence-corrected chi connectivity index (χ3v) is 4.28.